The number of carbonyl (C=O) groups excluding carboxylic acids is 3. The Hall–Kier alpha value is -4.42. The number of likely N-dealkylation sites (tertiary alicyclic amines) is 2. The Morgan fingerprint density at radius 1 is 1.00 bits per heavy atom. The Balaban J connectivity index is 1.09. The average molecular weight is 597 g/mol. The molecule has 0 saturated carbocycles. The SMILES string of the molecule is COc1ccc(C(=O)C2CCN(C(=O)c3ccc(C(=O)CC4CCN(Cc5ccc(C#N)c(F)c5)C[C@@H]4C)cn3)CC2)cc1. The van der Waals surface area contributed by atoms with Gasteiger partial charge in [0.15, 0.2) is 11.6 Å². The number of aromatic nitrogens is 1. The van der Waals surface area contributed by atoms with Gasteiger partial charge in [0, 0.05) is 55.8 Å². The zero-order valence-electron chi connectivity index (χ0n) is 25.2. The van der Waals surface area contributed by atoms with E-state index in [0.717, 1.165) is 25.1 Å². The van der Waals surface area contributed by atoms with Crippen molar-refractivity contribution in [2.75, 3.05) is 33.3 Å². The van der Waals surface area contributed by atoms with Crippen LogP contribution in [0, 0.1) is 34.9 Å². The molecule has 2 fully saturated rings. The van der Waals surface area contributed by atoms with Crippen LogP contribution in [0.15, 0.2) is 60.8 Å². The summed E-state index contributed by atoms with van der Waals surface area (Å²) in [5.74, 6) is 0.479. The lowest BCUT2D eigenvalue weighted by molar-refractivity contribution is 0.0645. The number of rotatable bonds is 9. The topological polar surface area (TPSA) is 104 Å². The van der Waals surface area contributed by atoms with Gasteiger partial charge in [0.05, 0.1) is 12.7 Å². The zero-order chi connectivity index (χ0) is 31.2. The highest BCUT2D eigenvalue weighted by atomic mass is 19.1. The first-order valence-electron chi connectivity index (χ1n) is 15.1. The maximum atomic E-state index is 14.0. The summed E-state index contributed by atoms with van der Waals surface area (Å²) in [6, 6.07) is 17.0. The Morgan fingerprint density at radius 2 is 1.73 bits per heavy atom. The van der Waals surface area contributed by atoms with Gasteiger partial charge >= 0.3 is 0 Å². The number of hydrogen-bond donors (Lipinski definition) is 0. The summed E-state index contributed by atoms with van der Waals surface area (Å²) >= 11 is 0. The van der Waals surface area contributed by atoms with Gasteiger partial charge in [-0.05, 0) is 91.7 Å². The number of pyridine rings is 1. The molecule has 2 aliphatic heterocycles. The lowest BCUT2D eigenvalue weighted by Crippen LogP contribution is -2.40. The smallest absolute Gasteiger partial charge is 0.272 e. The lowest BCUT2D eigenvalue weighted by Gasteiger charge is -2.36. The van der Waals surface area contributed by atoms with Gasteiger partial charge in [0.1, 0.15) is 23.3 Å². The van der Waals surface area contributed by atoms with Crippen LogP contribution in [-0.2, 0) is 6.54 Å². The summed E-state index contributed by atoms with van der Waals surface area (Å²) in [4.78, 5) is 47.5. The largest absolute Gasteiger partial charge is 0.497 e. The number of carbonyl (C=O) groups is 3. The second-order valence-corrected chi connectivity index (χ2v) is 11.9. The molecule has 0 N–H and O–H groups in total. The van der Waals surface area contributed by atoms with Crippen LogP contribution in [0.25, 0.3) is 0 Å². The van der Waals surface area contributed by atoms with Crippen LogP contribution in [0.4, 0.5) is 4.39 Å². The number of amides is 1. The molecule has 2 aliphatic rings. The van der Waals surface area contributed by atoms with Crippen molar-refractivity contribution in [2.45, 2.75) is 39.2 Å². The maximum Gasteiger partial charge on any atom is 0.272 e. The molecule has 0 spiro atoms. The molecule has 2 atom stereocenters. The Kier molecular flexibility index (Phi) is 9.81. The number of hydrogen-bond acceptors (Lipinski definition) is 7. The van der Waals surface area contributed by atoms with E-state index in [9.17, 15) is 18.8 Å². The average Bonchev–Trinajstić information content (AvgIpc) is 3.05. The van der Waals surface area contributed by atoms with Crippen LogP contribution < -0.4 is 4.74 Å². The minimum atomic E-state index is -0.498. The molecule has 0 bridgehead atoms. The van der Waals surface area contributed by atoms with Crippen molar-refractivity contribution in [3.8, 4) is 11.8 Å². The Morgan fingerprint density at radius 3 is 2.34 bits per heavy atom. The van der Waals surface area contributed by atoms with E-state index < -0.39 is 5.82 Å². The summed E-state index contributed by atoms with van der Waals surface area (Å²) in [7, 11) is 1.59. The second-order valence-electron chi connectivity index (χ2n) is 11.9. The standard InChI is InChI=1S/C35H37FN4O4/c1-23-21-39(22-24-3-4-28(19-37)31(36)17-24)14-11-27(23)18-33(41)29-7-10-32(38-20-29)35(43)40-15-12-26(13-16-40)34(42)25-5-8-30(44-2)9-6-25/h3-10,17,20,23,26-27H,11-16,18,21-22H2,1-2H3/t23-,27?/m0/s1. The van der Waals surface area contributed by atoms with E-state index in [1.165, 1.54) is 18.3 Å². The van der Waals surface area contributed by atoms with E-state index >= 15 is 0 Å². The van der Waals surface area contributed by atoms with Gasteiger partial charge in [-0.2, -0.15) is 5.26 Å². The van der Waals surface area contributed by atoms with E-state index in [2.05, 4.69) is 16.8 Å². The number of piperidine rings is 2. The molecule has 9 heteroatoms. The third-order valence-electron chi connectivity index (χ3n) is 9.01. The first-order valence-corrected chi connectivity index (χ1v) is 15.1. The van der Waals surface area contributed by atoms with E-state index in [1.807, 2.05) is 6.07 Å². The molecule has 1 amide bonds. The number of ketones is 2. The second kappa shape index (κ2) is 13.9. The molecule has 0 radical (unpaired) electrons. The van der Waals surface area contributed by atoms with Gasteiger partial charge in [-0.1, -0.05) is 13.0 Å². The Labute approximate surface area is 257 Å². The molecule has 2 saturated heterocycles. The summed E-state index contributed by atoms with van der Waals surface area (Å²) in [5.41, 5.74) is 2.31. The molecule has 3 heterocycles. The molecule has 0 aliphatic carbocycles. The molecule has 1 aromatic heterocycles. The van der Waals surface area contributed by atoms with Crippen molar-refractivity contribution in [1.82, 2.24) is 14.8 Å². The van der Waals surface area contributed by atoms with Crippen molar-refractivity contribution in [3.05, 3.63) is 94.6 Å². The van der Waals surface area contributed by atoms with Crippen LogP contribution in [0.1, 0.15) is 74.9 Å². The monoisotopic (exact) mass is 596 g/mol. The van der Waals surface area contributed by atoms with E-state index in [-0.39, 0.29) is 40.8 Å². The number of nitriles is 1. The molecule has 5 rings (SSSR count). The number of Topliss-reactive ketones (excluding diaryl/α,β-unsaturated/α-hetero) is 2. The molecule has 8 nitrogen and oxygen atoms in total. The molecule has 3 aromatic rings. The van der Waals surface area contributed by atoms with Gasteiger partial charge in [0.2, 0.25) is 0 Å². The quantitative estimate of drug-likeness (QED) is 0.298. The third kappa shape index (κ3) is 7.20. The van der Waals surface area contributed by atoms with Crippen LogP contribution >= 0.6 is 0 Å². The number of ether oxygens (including phenoxy) is 1. The molecular formula is C35H37FN4O4. The molecule has 1 unspecified atom stereocenters. The van der Waals surface area contributed by atoms with Crippen molar-refractivity contribution in [1.29, 1.82) is 5.26 Å². The highest BCUT2D eigenvalue weighted by Gasteiger charge is 2.30. The van der Waals surface area contributed by atoms with Gasteiger partial charge < -0.3 is 9.64 Å². The summed E-state index contributed by atoms with van der Waals surface area (Å²) in [5, 5.41) is 8.94. The highest BCUT2D eigenvalue weighted by molar-refractivity contribution is 5.99. The van der Waals surface area contributed by atoms with Gasteiger partial charge in [-0.25, -0.2) is 4.39 Å². The van der Waals surface area contributed by atoms with Crippen LogP contribution in [0.3, 0.4) is 0 Å². The van der Waals surface area contributed by atoms with Crippen LogP contribution in [0.5, 0.6) is 5.75 Å². The first-order chi connectivity index (χ1) is 21.2. The fourth-order valence-electron chi connectivity index (χ4n) is 6.27. The predicted octanol–water partition coefficient (Wildman–Crippen LogP) is 5.57. The fraction of sp³-hybridized carbons (Fsp3) is 0.400. The first kappa shape index (κ1) is 31.0. The van der Waals surface area contributed by atoms with E-state index in [1.54, 1.807) is 54.5 Å². The number of nitrogens with zero attached hydrogens (tertiary/aromatic N) is 4. The van der Waals surface area contributed by atoms with Gasteiger partial charge in [-0.15, -0.1) is 0 Å². The van der Waals surface area contributed by atoms with Crippen LogP contribution in [0.2, 0.25) is 0 Å². The normalized spacial score (nSPS) is 19.3. The van der Waals surface area contributed by atoms with Gasteiger partial charge in [0.25, 0.3) is 5.91 Å². The Bertz CT molecular complexity index is 1540. The molecule has 2 aromatic carbocycles. The lowest BCUT2D eigenvalue weighted by atomic mass is 9.82. The van der Waals surface area contributed by atoms with Crippen molar-refractivity contribution < 1.29 is 23.5 Å². The molecule has 44 heavy (non-hydrogen) atoms. The van der Waals surface area contributed by atoms with Crippen molar-refractivity contribution in [3.63, 3.8) is 0 Å². The van der Waals surface area contributed by atoms with Gasteiger partial charge in [-0.3, -0.25) is 24.3 Å². The molecule has 228 valence electrons. The zero-order valence-corrected chi connectivity index (χ0v) is 25.2. The molecular weight excluding hydrogens is 559 g/mol. The summed E-state index contributed by atoms with van der Waals surface area (Å²) in [6.45, 7) is 5.29. The number of methoxy groups -OCH3 is 1. The van der Waals surface area contributed by atoms with Crippen LogP contribution in [-0.4, -0.2) is 65.5 Å². The fourth-order valence-corrected chi connectivity index (χ4v) is 6.27. The van der Waals surface area contributed by atoms with E-state index in [4.69, 9.17) is 10.00 Å². The van der Waals surface area contributed by atoms with E-state index in [0.29, 0.717) is 61.5 Å². The maximum absolute atomic E-state index is 14.0. The minimum absolute atomic E-state index is 0.00817. The van der Waals surface area contributed by atoms with Crippen molar-refractivity contribution in [2.24, 2.45) is 17.8 Å². The number of halogens is 1. The minimum Gasteiger partial charge on any atom is -0.497 e. The summed E-state index contributed by atoms with van der Waals surface area (Å²) in [6.07, 6.45) is 3.94. The summed E-state index contributed by atoms with van der Waals surface area (Å²) < 4.78 is 19.2. The number of benzene rings is 2. The highest BCUT2D eigenvalue weighted by Crippen LogP contribution is 2.29. The van der Waals surface area contributed by atoms with Crippen molar-refractivity contribution >= 4 is 17.5 Å². The third-order valence-corrected chi connectivity index (χ3v) is 9.01. The predicted molar refractivity (Wildman–Crippen MR) is 163 cm³/mol.